The first-order valence-electron chi connectivity index (χ1n) is 11.7. The van der Waals surface area contributed by atoms with E-state index in [-0.39, 0.29) is 53.7 Å². The number of hydrogen-bond acceptors (Lipinski definition) is 7. The molecule has 39 heavy (non-hydrogen) atoms. The number of amides is 1. The zero-order valence-electron chi connectivity index (χ0n) is 20.7. The lowest BCUT2D eigenvalue weighted by Gasteiger charge is -2.13. The van der Waals surface area contributed by atoms with E-state index >= 15 is 0 Å². The van der Waals surface area contributed by atoms with Gasteiger partial charge in [0.1, 0.15) is 12.4 Å². The van der Waals surface area contributed by atoms with E-state index in [9.17, 15) is 22.4 Å². The minimum atomic E-state index is -4.73. The van der Waals surface area contributed by atoms with Gasteiger partial charge in [-0.15, -0.1) is 6.42 Å². The van der Waals surface area contributed by atoms with Crippen molar-refractivity contribution in [3.8, 4) is 23.6 Å². The summed E-state index contributed by atoms with van der Waals surface area (Å²) >= 11 is 0. The van der Waals surface area contributed by atoms with Crippen molar-refractivity contribution in [1.29, 1.82) is 0 Å². The SMILES string of the molecule is C#CCn1cc(-c2cnc3c(Nc4cc(C)c(C(=O)NCCOCCN)c(F)c4)nccn23)c(C(F)(F)F)n1. The van der Waals surface area contributed by atoms with Gasteiger partial charge in [-0.1, -0.05) is 5.92 Å². The second kappa shape index (κ2) is 11.5. The van der Waals surface area contributed by atoms with E-state index in [0.717, 1.165) is 10.7 Å². The number of anilines is 2. The van der Waals surface area contributed by atoms with Gasteiger partial charge >= 0.3 is 6.18 Å². The lowest BCUT2D eigenvalue weighted by molar-refractivity contribution is -0.141. The molecule has 0 bridgehead atoms. The normalized spacial score (nSPS) is 11.5. The molecule has 0 saturated carbocycles. The van der Waals surface area contributed by atoms with Crippen LogP contribution in [0.15, 0.2) is 36.9 Å². The number of nitrogens with two attached hydrogens (primary N) is 1. The number of nitrogens with zero attached hydrogens (tertiary/aromatic N) is 5. The number of alkyl halides is 3. The molecule has 14 heteroatoms. The van der Waals surface area contributed by atoms with Gasteiger partial charge in [0, 0.05) is 37.4 Å². The number of imidazole rings is 1. The molecule has 1 amide bonds. The van der Waals surface area contributed by atoms with Crippen LogP contribution >= 0.6 is 0 Å². The molecular formula is C25H24F4N8O2. The van der Waals surface area contributed by atoms with Crippen LogP contribution in [0, 0.1) is 25.1 Å². The number of rotatable bonds is 10. The number of fused-ring (bicyclic) bond motifs is 1. The predicted octanol–water partition coefficient (Wildman–Crippen LogP) is 3.14. The summed E-state index contributed by atoms with van der Waals surface area (Å²) in [6.07, 6.45) is 5.76. The molecule has 0 atom stereocenters. The van der Waals surface area contributed by atoms with Gasteiger partial charge in [-0.2, -0.15) is 18.3 Å². The summed E-state index contributed by atoms with van der Waals surface area (Å²) in [6, 6.07) is 2.66. The molecule has 3 heterocycles. The number of nitrogens with one attached hydrogen (secondary N) is 2. The van der Waals surface area contributed by atoms with Crippen molar-refractivity contribution in [2.24, 2.45) is 5.73 Å². The van der Waals surface area contributed by atoms with Crippen LogP contribution in [0.25, 0.3) is 16.9 Å². The van der Waals surface area contributed by atoms with Crippen molar-refractivity contribution < 1.29 is 27.1 Å². The minimum Gasteiger partial charge on any atom is -0.378 e. The maximum atomic E-state index is 14.9. The van der Waals surface area contributed by atoms with Crippen LogP contribution in [0.2, 0.25) is 0 Å². The van der Waals surface area contributed by atoms with Gasteiger partial charge < -0.3 is 21.1 Å². The Balaban J connectivity index is 1.61. The van der Waals surface area contributed by atoms with Gasteiger partial charge in [-0.05, 0) is 24.6 Å². The molecule has 0 fully saturated rings. The van der Waals surface area contributed by atoms with Gasteiger partial charge in [0.05, 0.1) is 36.2 Å². The fourth-order valence-electron chi connectivity index (χ4n) is 3.95. The number of halogens is 4. The highest BCUT2D eigenvalue weighted by atomic mass is 19.4. The van der Waals surface area contributed by atoms with E-state index < -0.39 is 23.6 Å². The van der Waals surface area contributed by atoms with Gasteiger partial charge in [-0.25, -0.2) is 14.4 Å². The first-order chi connectivity index (χ1) is 18.6. The highest BCUT2D eigenvalue weighted by Crippen LogP contribution is 2.37. The average Bonchev–Trinajstić information content (AvgIpc) is 3.48. The molecule has 0 spiro atoms. The summed E-state index contributed by atoms with van der Waals surface area (Å²) in [4.78, 5) is 20.9. The van der Waals surface area contributed by atoms with Gasteiger partial charge in [0.15, 0.2) is 17.2 Å². The highest BCUT2D eigenvalue weighted by molar-refractivity contribution is 5.96. The van der Waals surface area contributed by atoms with E-state index in [0.29, 0.717) is 18.7 Å². The topological polar surface area (TPSA) is 124 Å². The summed E-state index contributed by atoms with van der Waals surface area (Å²) in [6.45, 7) is 2.55. The van der Waals surface area contributed by atoms with Crippen LogP contribution in [0.4, 0.5) is 29.1 Å². The molecule has 3 aromatic heterocycles. The third kappa shape index (κ3) is 6.00. The molecule has 4 N–H and O–H groups in total. The van der Waals surface area contributed by atoms with Crippen molar-refractivity contribution in [1.82, 2.24) is 29.5 Å². The Bertz CT molecular complexity index is 1510. The number of hydrogen-bond donors (Lipinski definition) is 3. The number of benzene rings is 1. The second-order valence-electron chi connectivity index (χ2n) is 8.34. The second-order valence-corrected chi connectivity index (χ2v) is 8.34. The van der Waals surface area contributed by atoms with Crippen molar-refractivity contribution in [2.45, 2.75) is 19.6 Å². The number of carbonyl (C=O) groups is 1. The summed E-state index contributed by atoms with van der Waals surface area (Å²) in [5.74, 6) is 1.04. The molecule has 0 aliphatic rings. The molecule has 1 aromatic carbocycles. The highest BCUT2D eigenvalue weighted by Gasteiger charge is 2.38. The zero-order valence-corrected chi connectivity index (χ0v) is 20.7. The molecular weight excluding hydrogens is 520 g/mol. The first-order valence-corrected chi connectivity index (χ1v) is 11.7. The van der Waals surface area contributed by atoms with Crippen molar-refractivity contribution in [2.75, 3.05) is 31.6 Å². The molecule has 0 radical (unpaired) electrons. The Morgan fingerprint density at radius 3 is 2.74 bits per heavy atom. The van der Waals surface area contributed by atoms with E-state index in [2.05, 4.69) is 31.6 Å². The fourth-order valence-corrected chi connectivity index (χ4v) is 3.95. The maximum absolute atomic E-state index is 14.9. The first kappa shape index (κ1) is 27.6. The zero-order chi connectivity index (χ0) is 28.2. The van der Waals surface area contributed by atoms with Crippen molar-refractivity contribution >= 4 is 23.1 Å². The van der Waals surface area contributed by atoms with Crippen molar-refractivity contribution in [3.63, 3.8) is 0 Å². The average molecular weight is 545 g/mol. The van der Waals surface area contributed by atoms with Crippen LogP contribution in [-0.4, -0.2) is 56.4 Å². The van der Waals surface area contributed by atoms with Crippen LogP contribution in [0.3, 0.4) is 0 Å². The summed E-state index contributed by atoms with van der Waals surface area (Å²) in [5, 5.41) is 9.10. The molecule has 204 valence electrons. The van der Waals surface area contributed by atoms with Gasteiger partial charge in [0.25, 0.3) is 5.91 Å². The van der Waals surface area contributed by atoms with E-state index in [4.69, 9.17) is 16.9 Å². The monoisotopic (exact) mass is 544 g/mol. The third-order valence-corrected chi connectivity index (χ3v) is 5.56. The lowest BCUT2D eigenvalue weighted by Crippen LogP contribution is -2.29. The van der Waals surface area contributed by atoms with E-state index in [1.165, 1.54) is 29.2 Å². The van der Waals surface area contributed by atoms with E-state index in [1.54, 1.807) is 13.0 Å². The molecule has 10 nitrogen and oxygen atoms in total. The Morgan fingerprint density at radius 2 is 2.05 bits per heavy atom. The van der Waals surface area contributed by atoms with Crippen LogP contribution in [-0.2, 0) is 17.5 Å². The molecule has 0 saturated heterocycles. The van der Waals surface area contributed by atoms with Gasteiger partial charge in [-0.3, -0.25) is 13.9 Å². The number of terminal acetylenes is 1. The van der Waals surface area contributed by atoms with Gasteiger partial charge in [0.2, 0.25) is 0 Å². The number of carbonyl (C=O) groups excluding carboxylic acids is 1. The number of aromatic nitrogens is 5. The standard InChI is InChI=1S/C25H24F4N8O2/c1-3-7-36-14-17(21(35-36)25(27,28)29)19-13-33-23-22(31-5-8-37(19)23)34-16-11-15(2)20(18(26)12-16)24(38)32-6-10-39-9-4-30/h1,5,8,11-14H,4,6-7,9-10,30H2,2H3,(H,31,34)(H,32,38). The number of ether oxygens (including phenoxy) is 1. The molecule has 4 rings (SSSR count). The van der Waals surface area contributed by atoms with Crippen LogP contribution in [0.5, 0.6) is 0 Å². The fraction of sp³-hybridized carbons (Fsp3) is 0.280. The smallest absolute Gasteiger partial charge is 0.378 e. The molecule has 0 unspecified atom stereocenters. The molecule has 4 aromatic rings. The third-order valence-electron chi connectivity index (χ3n) is 5.56. The summed E-state index contributed by atoms with van der Waals surface area (Å²) in [7, 11) is 0. The Morgan fingerprint density at radius 1 is 1.26 bits per heavy atom. The molecule has 0 aliphatic carbocycles. The van der Waals surface area contributed by atoms with Crippen LogP contribution in [0.1, 0.15) is 21.6 Å². The largest absolute Gasteiger partial charge is 0.435 e. The Kier molecular flexibility index (Phi) is 8.12. The van der Waals surface area contributed by atoms with E-state index in [1.807, 2.05) is 0 Å². The molecule has 0 aliphatic heterocycles. The van der Waals surface area contributed by atoms with Crippen molar-refractivity contribution in [3.05, 3.63) is 59.6 Å². The summed E-state index contributed by atoms with van der Waals surface area (Å²) < 4.78 is 63.6. The Hall–Kier alpha value is -4.48. The number of aryl methyl sites for hydroxylation is 1. The Labute approximate surface area is 220 Å². The lowest BCUT2D eigenvalue weighted by atomic mass is 10.1. The predicted molar refractivity (Wildman–Crippen MR) is 135 cm³/mol. The maximum Gasteiger partial charge on any atom is 0.435 e. The summed E-state index contributed by atoms with van der Waals surface area (Å²) in [5.41, 5.74) is 4.79. The van der Waals surface area contributed by atoms with Crippen LogP contribution < -0.4 is 16.4 Å². The minimum absolute atomic E-state index is 0.107. The quantitative estimate of drug-likeness (QED) is 0.159.